The highest BCUT2D eigenvalue weighted by molar-refractivity contribution is 5.93. The molecule has 1 aliphatic rings. The molecule has 1 fully saturated rings. The molecule has 0 aliphatic carbocycles. The summed E-state index contributed by atoms with van der Waals surface area (Å²) in [6, 6.07) is 9.33. The van der Waals surface area contributed by atoms with Crippen molar-refractivity contribution in [2.24, 2.45) is 5.92 Å². The molecule has 2 aromatic rings. The monoisotopic (exact) mass is 297 g/mol. The number of benzene rings is 1. The van der Waals surface area contributed by atoms with Crippen molar-refractivity contribution in [1.29, 1.82) is 0 Å². The minimum atomic E-state index is 0.0617. The Morgan fingerprint density at radius 2 is 2.32 bits per heavy atom. The van der Waals surface area contributed by atoms with Gasteiger partial charge in [-0.2, -0.15) is 0 Å². The van der Waals surface area contributed by atoms with Crippen LogP contribution in [0.25, 0.3) is 0 Å². The van der Waals surface area contributed by atoms with Gasteiger partial charge in [0, 0.05) is 18.4 Å². The smallest absolute Gasteiger partial charge is 0.228 e. The fourth-order valence-electron chi connectivity index (χ4n) is 2.50. The number of pyridine rings is 1. The maximum Gasteiger partial charge on any atom is 0.228 e. The Morgan fingerprint density at radius 3 is 3.00 bits per heavy atom. The van der Waals surface area contributed by atoms with Gasteiger partial charge in [-0.1, -0.05) is 0 Å². The highest BCUT2D eigenvalue weighted by Gasteiger charge is 2.22. The van der Waals surface area contributed by atoms with Crippen molar-refractivity contribution < 1.29 is 9.53 Å². The third kappa shape index (κ3) is 3.43. The second kappa shape index (κ2) is 6.58. The molecular weight excluding hydrogens is 278 g/mol. The predicted molar refractivity (Wildman–Crippen MR) is 85.1 cm³/mol. The highest BCUT2D eigenvalue weighted by atomic mass is 16.5. The molecule has 1 amide bonds. The summed E-state index contributed by atoms with van der Waals surface area (Å²) in [6.07, 6.45) is 4.27. The fraction of sp³-hybridized carbons (Fsp3) is 0.294. The van der Waals surface area contributed by atoms with Crippen LogP contribution in [-0.4, -0.2) is 24.0 Å². The molecule has 114 valence electrons. The van der Waals surface area contributed by atoms with Gasteiger partial charge in [0.2, 0.25) is 5.91 Å². The van der Waals surface area contributed by atoms with Crippen LogP contribution >= 0.6 is 0 Å². The summed E-state index contributed by atoms with van der Waals surface area (Å²) in [5.41, 5.74) is 1.76. The Kier molecular flexibility index (Phi) is 4.34. The van der Waals surface area contributed by atoms with Gasteiger partial charge < -0.3 is 15.4 Å². The van der Waals surface area contributed by atoms with E-state index in [9.17, 15) is 4.79 Å². The molecule has 2 N–H and O–H groups in total. The number of carbonyl (C=O) groups excluding carboxylic acids is 1. The molecule has 5 heteroatoms. The number of anilines is 1. The minimum absolute atomic E-state index is 0.0617. The van der Waals surface area contributed by atoms with E-state index in [-0.39, 0.29) is 11.8 Å². The molecule has 0 spiro atoms. The fourth-order valence-corrected chi connectivity index (χ4v) is 2.50. The summed E-state index contributed by atoms with van der Waals surface area (Å²) in [5, 5.41) is 6.17. The van der Waals surface area contributed by atoms with E-state index in [0.717, 1.165) is 36.5 Å². The number of rotatable bonds is 4. The second-order valence-corrected chi connectivity index (χ2v) is 5.45. The highest BCUT2D eigenvalue weighted by Crippen LogP contribution is 2.27. The van der Waals surface area contributed by atoms with Gasteiger partial charge in [0.1, 0.15) is 11.5 Å². The van der Waals surface area contributed by atoms with Gasteiger partial charge in [-0.05, 0) is 55.8 Å². The molecule has 1 aromatic carbocycles. The molecule has 1 aromatic heterocycles. The summed E-state index contributed by atoms with van der Waals surface area (Å²) in [4.78, 5) is 16.1. The number of aromatic nitrogens is 1. The van der Waals surface area contributed by atoms with Gasteiger partial charge in [0.25, 0.3) is 0 Å². The van der Waals surface area contributed by atoms with Crippen molar-refractivity contribution in [3.63, 3.8) is 0 Å². The van der Waals surface area contributed by atoms with Crippen LogP contribution in [0.2, 0.25) is 0 Å². The zero-order chi connectivity index (χ0) is 15.4. The molecule has 22 heavy (non-hydrogen) atoms. The molecule has 1 atom stereocenters. The quantitative estimate of drug-likeness (QED) is 0.911. The molecule has 0 bridgehead atoms. The number of amides is 1. The van der Waals surface area contributed by atoms with Gasteiger partial charge >= 0.3 is 0 Å². The van der Waals surface area contributed by atoms with Crippen molar-refractivity contribution in [3.05, 3.63) is 48.3 Å². The number of hydrogen-bond acceptors (Lipinski definition) is 4. The number of ether oxygens (including phenoxy) is 1. The van der Waals surface area contributed by atoms with E-state index in [4.69, 9.17) is 4.74 Å². The van der Waals surface area contributed by atoms with Crippen molar-refractivity contribution in [2.75, 3.05) is 18.4 Å². The first-order valence-corrected chi connectivity index (χ1v) is 7.42. The van der Waals surface area contributed by atoms with Gasteiger partial charge in [-0.25, -0.2) is 0 Å². The summed E-state index contributed by atoms with van der Waals surface area (Å²) in [5.74, 6) is 1.59. The summed E-state index contributed by atoms with van der Waals surface area (Å²) >= 11 is 0. The summed E-state index contributed by atoms with van der Waals surface area (Å²) < 4.78 is 5.78. The van der Waals surface area contributed by atoms with Crippen LogP contribution in [0.3, 0.4) is 0 Å². The van der Waals surface area contributed by atoms with Gasteiger partial charge in [-0.15, -0.1) is 0 Å². The Morgan fingerprint density at radius 1 is 1.41 bits per heavy atom. The van der Waals surface area contributed by atoms with Crippen LogP contribution in [0.1, 0.15) is 12.0 Å². The average Bonchev–Trinajstić information content (AvgIpc) is 3.05. The van der Waals surface area contributed by atoms with Crippen molar-refractivity contribution >= 4 is 11.6 Å². The normalized spacial score (nSPS) is 17.2. The van der Waals surface area contributed by atoms with E-state index in [2.05, 4.69) is 15.6 Å². The Bertz CT molecular complexity index is 652. The lowest BCUT2D eigenvalue weighted by atomic mass is 10.1. The standard InChI is InChI=1S/C17H19N3O2/c1-12-9-14(20-17(21)13-6-8-19-10-13)4-5-16(12)22-15-3-2-7-18-11-15/h2-5,7,9,11,13,19H,6,8,10H2,1H3,(H,20,21). The van der Waals surface area contributed by atoms with Crippen molar-refractivity contribution in [3.8, 4) is 11.5 Å². The lowest BCUT2D eigenvalue weighted by Crippen LogP contribution is -2.24. The molecule has 5 nitrogen and oxygen atoms in total. The van der Waals surface area contributed by atoms with Crippen molar-refractivity contribution in [2.45, 2.75) is 13.3 Å². The zero-order valence-corrected chi connectivity index (χ0v) is 12.5. The first-order valence-electron chi connectivity index (χ1n) is 7.42. The van der Waals surface area contributed by atoms with Crippen LogP contribution in [-0.2, 0) is 4.79 Å². The lowest BCUT2D eigenvalue weighted by molar-refractivity contribution is -0.119. The minimum Gasteiger partial charge on any atom is -0.455 e. The summed E-state index contributed by atoms with van der Waals surface area (Å²) in [6.45, 7) is 3.63. The van der Waals surface area contributed by atoms with E-state index in [1.807, 2.05) is 37.3 Å². The second-order valence-electron chi connectivity index (χ2n) is 5.45. The third-order valence-electron chi connectivity index (χ3n) is 3.74. The average molecular weight is 297 g/mol. The van der Waals surface area contributed by atoms with E-state index in [1.165, 1.54) is 0 Å². The molecule has 0 radical (unpaired) electrons. The van der Waals surface area contributed by atoms with Crippen LogP contribution in [0.4, 0.5) is 5.69 Å². The van der Waals surface area contributed by atoms with Crippen LogP contribution < -0.4 is 15.4 Å². The molecule has 1 aliphatic heterocycles. The predicted octanol–water partition coefficient (Wildman–Crippen LogP) is 2.73. The van der Waals surface area contributed by atoms with Gasteiger partial charge in [0.15, 0.2) is 0 Å². The maximum atomic E-state index is 12.1. The Labute approximate surface area is 129 Å². The molecular formula is C17H19N3O2. The van der Waals surface area contributed by atoms with Gasteiger partial charge in [-0.3, -0.25) is 9.78 Å². The van der Waals surface area contributed by atoms with Crippen LogP contribution in [0, 0.1) is 12.8 Å². The van der Waals surface area contributed by atoms with E-state index >= 15 is 0 Å². The molecule has 1 unspecified atom stereocenters. The number of nitrogens with zero attached hydrogens (tertiary/aromatic N) is 1. The van der Waals surface area contributed by atoms with Gasteiger partial charge in [0.05, 0.1) is 12.1 Å². The van der Waals surface area contributed by atoms with Crippen molar-refractivity contribution in [1.82, 2.24) is 10.3 Å². The number of carbonyl (C=O) groups is 1. The molecule has 0 saturated carbocycles. The lowest BCUT2D eigenvalue weighted by Gasteiger charge is -2.13. The SMILES string of the molecule is Cc1cc(NC(=O)C2CCNC2)ccc1Oc1cccnc1. The largest absolute Gasteiger partial charge is 0.455 e. The zero-order valence-electron chi connectivity index (χ0n) is 12.5. The molecule has 1 saturated heterocycles. The number of hydrogen-bond donors (Lipinski definition) is 2. The van der Waals surface area contributed by atoms with E-state index < -0.39 is 0 Å². The first kappa shape index (κ1) is 14.5. The van der Waals surface area contributed by atoms with E-state index in [1.54, 1.807) is 12.4 Å². The molecule has 2 heterocycles. The Balaban J connectivity index is 1.68. The Hall–Kier alpha value is -2.40. The number of aryl methyl sites for hydroxylation is 1. The number of nitrogens with one attached hydrogen (secondary N) is 2. The van der Waals surface area contributed by atoms with Crippen LogP contribution in [0.5, 0.6) is 11.5 Å². The third-order valence-corrected chi connectivity index (χ3v) is 3.74. The van der Waals surface area contributed by atoms with Crippen LogP contribution in [0.15, 0.2) is 42.7 Å². The first-order chi connectivity index (χ1) is 10.7. The molecule has 3 rings (SSSR count). The van der Waals surface area contributed by atoms with E-state index in [0.29, 0.717) is 5.75 Å². The maximum absolute atomic E-state index is 12.1. The topological polar surface area (TPSA) is 63.2 Å². The summed E-state index contributed by atoms with van der Waals surface area (Å²) in [7, 11) is 0.